The van der Waals surface area contributed by atoms with Crippen LogP contribution >= 0.6 is 0 Å². The van der Waals surface area contributed by atoms with Gasteiger partial charge < -0.3 is 10.2 Å². The van der Waals surface area contributed by atoms with Crippen molar-refractivity contribution in [2.45, 2.75) is 0 Å². The number of hydrogen-bond donors (Lipinski definition) is 2. The zero-order chi connectivity index (χ0) is 9.97. The maximum absolute atomic E-state index is 9.53. The third kappa shape index (κ3) is 1.37. The Hall–Kier alpha value is -2.10. The van der Waals surface area contributed by atoms with Gasteiger partial charge in [-0.3, -0.25) is 9.97 Å². The van der Waals surface area contributed by atoms with Crippen molar-refractivity contribution in [3.05, 3.63) is 36.8 Å². The molecule has 1 aromatic heterocycles. The molecule has 1 aromatic carbocycles. The first kappa shape index (κ1) is 8.50. The second-order valence-electron chi connectivity index (χ2n) is 2.76. The smallest absolute Gasteiger partial charge is 0.167 e. The van der Waals surface area contributed by atoms with Gasteiger partial charge in [0.2, 0.25) is 0 Å². The average molecular weight is 188 g/mol. The fourth-order valence-corrected chi connectivity index (χ4v) is 1.18. The Morgan fingerprint density at radius 3 is 2.64 bits per heavy atom. The molecule has 2 N–H and O–H groups in total. The summed E-state index contributed by atoms with van der Waals surface area (Å²) in [6.07, 6.45) is 4.59. The molecule has 0 saturated heterocycles. The van der Waals surface area contributed by atoms with Gasteiger partial charge in [0.1, 0.15) is 0 Å². The molecule has 0 aliphatic heterocycles. The first-order chi connectivity index (χ1) is 6.79. The maximum atomic E-state index is 9.53. The van der Waals surface area contributed by atoms with Crippen LogP contribution in [0.5, 0.6) is 11.5 Å². The van der Waals surface area contributed by atoms with Gasteiger partial charge >= 0.3 is 0 Å². The van der Waals surface area contributed by atoms with E-state index in [-0.39, 0.29) is 11.5 Å². The van der Waals surface area contributed by atoms with Crippen LogP contribution in [0.25, 0.3) is 11.3 Å². The molecular formula is C10H8N2O2. The van der Waals surface area contributed by atoms with E-state index in [0.717, 1.165) is 0 Å². The predicted octanol–water partition coefficient (Wildman–Crippen LogP) is 1.55. The predicted molar refractivity (Wildman–Crippen MR) is 50.8 cm³/mol. The van der Waals surface area contributed by atoms with E-state index >= 15 is 0 Å². The lowest BCUT2D eigenvalue weighted by Crippen LogP contribution is -1.84. The number of para-hydroxylation sites is 1. The fraction of sp³-hybridized carbons (Fsp3) is 0. The molecule has 0 fully saturated rings. The van der Waals surface area contributed by atoms with E-state index in [1.165, 1.54) is 18.5 Å². The summed E-state index contributed by atoms with van der Waals surface area (Å²) < 4.78 is 0. The SMILES string of the molecule is Oc1cccc(-c2cnccn2)c1O. The summed E-state index contributed by atoms with van der Waals surface area (Å²) in [6.45, 7) is 0. The molecule has 2 rings (SSSR count). The first-order valence-corrected chi connectivity index (χ1v) is 4.06. The van der Waals surface area contributed by atoms with Crippen LogP contribution in [-0.2, 0) is 0 Å². The number of phenols is 2. The summed E-state index contributed by atoms with van der Waals surface area (Å²) in [5.41, 5.74) is 0.999. The molecular weight excluding hydrogens is 180 g/mol. The molecule has 70 valence electrons. The number of aromatic hydroxyl groups is 2. The zero-order valence-electron chi connectivity index (χ0n) is 7.25. The van der Waals surface area contributed by atoms with Crippen LogP contribution in [0.15, 0.2) is 36.8 Å². The Balaban J connectivity index is 2.58. The van der Waals surface area contributed by atoms with E-state index in [1.54, 1.807) is 18.3 Å². The van der Waals surface area contributed by atoms with Gasteiger partial charge in [0.05, 0.1) is 11.9 Å². The van der Waals surface area contributed by atoms with Crippen LogP contribution in [0.1, 0.15) is 0 Å². The normalized spacial score (nSPS) is 10.0. The summed E-state index contributed by atoms with van der Waals surface area (Å²) in [5.74, 6) is -0.332. The third-order valence-electron chi connectivity index (χ3n) is 1.85. The first-order valence-electron chi connectivity index (χ1n) is 4.06. The van der Waals surface area contributed by atoms with Gasteiger partial charge in [-0.05, 0) is 12.1 Å². The van der Waals surface area contributed by atoms with E-state index in [1.807, 2.05) is 0 Å². The van der Waals surface area contributed by atoms with Crippen molar-refractivity contribution in [3.63, 3.8) is 0 Å². The lowest BCUT2D eigenvalue weighted by atomic mass is 10.1. The minimum atomic E-state index is -0.173. The number of rotatable bonds is 1. The zero-order valence-corrected chi connectivity index (χ0v) is 7.25. The van der Waals surface area contributed by atoms with Gasteiger partial charge in [0.15, 0.2) is 11.5 Å². The molecule has 0 aliphatic carbocycles. The topological polar surface area (TPSA) is 66.2 Å². The highest BCUT2D eigenvalue weighted by molar-refractivity contribution is 5.69. The molecule has 4 heteroatoms. The maximum Gasteiger partial charge on any atom is 0.167 e. The summed E-state index contributed by atoms with van der Waals surface area (Å²) in [7, 11) is 0. The molecule has 4 nitrogen and oxygen atoms in total. The van der Waals surface area contributed by atoms with Crippen molar-refractivity contribution in [1.29, 1.82) is 0 Å². The van der Waals surface area contributed by atoms with Gasteiger partial charge in [0.25, 0.3) is 0 Å². The van der Waals surface area contributed by atoms with Crippen molar-refractivity contribution in [2.75, 3.05) is 0 Å². The van der Waals surface area contributed by atoms with Crippen molar-refractivity contribution >= 4 is 0 Å². The fourth-order valence-electron chi connectivity index (χ4n) is 1.18. The van der Waals surface area contributed by atoms with Crippen molar-refractivity contribution in [1.82, 2.24) is 9.97 Å². The summed E-state index contributed by atoms with van der Waals surface area (Å²) in [6, 6.07) is 4.72. The van der Waals surface area contributed by atoms with Crippen LogP contribution in [0, 0.1) is 0 Å². The molecule has 0 atom stereocenters. The molecule has 0 amide bonds. The van der Waals surface area contributed by atoms with Crippen LogP contribution in [0.3, 0.4) is 0 Å². The molecule has 14 heavy (non-hydrogen) atoms. The molecule has 1 heterocycles. The molecule has 0 aliphatic rings. The van der Waals surface area contributed by atoms with E-state index in [0.29, 0.717) is 11.3 Å². The Labute approximate surface area is 80.5 Å². The highest BCUT2D eigenvalue weighted by atomic mass is 16.3. The lowest BCUT2D eigenvalue weighted by Gasteiger charge is -2.03. The molecule has 0 bridgehead atoms. The Bertz CT molecular complexity index is 443. The van der Waals surface area contributed by atoms with Crippen molar-refractivity contribution in [2.24, 2.45) is 0 Å². The quantitative estimate of drug-likeness (QED) is 0.666. The minimum Gasteiger partial charge on any atom is -0.504 e. The average Bonchev–Trinajstić information content (AvgIpc) is 2.23. The van der Waals surface area contributed by atoms with E-state index in [2.05, 4.69) is 9.97 Å². The van der Waals surface area contributed by atoms with Crippen molar-refractivity contribution < 1.29 is 10.2 Å². The van der Waals surface area contributed by atoms with Gasteiger partial charge in [-0.25, -0.2) is 0 Å². The van der Waals surface area contributed by atoms with E-state index in [4.69, 9.17) is 0 Å². The molecule has 2 aromatic rings. The van der Waals surface area contributed by atoms with E-state index < -0.39 is 0 Å². The van der Waals surface area contributed by atoms with Crippen LogP contribution < -0.4 is 0 Å². The monoisotopic (exact) mass is 188 g/mol. The number of nitrogens with zero attached hydrogens (tertiary/aromatic N) is 2. The minimum absolute atomic E-state index is 0.159. The van der Waals surface area contributed by atoms with Crippen LogP contribution in [-0.4, -0.2) is 20.2 Å². The largest absolute Gasteiger partial charge is 0.504 e. The number of benzene rings is 1. The highest BCUT2D eigenvalue weighted by Gasteiger charge is 2.08. The summed E-state index contributed by atoms with van der Waals surface area (Å²) >= 11 is 0. The second-order valence-corrected chi connectivity index (χ2v) is 2.76. The summed E-state index contributed by atoms with van der Waals surface area (Å²) in [5, 5.41) is 18.8. The van der Waals surface area contributed by atoms with E-state index in [9.17, 15) is 10.2 Å². The van der Waals surface area contributed by atoms with Gasteiger partial charge in [0, 0.05) is 18.0 Å². The Morgan fingerprint density at radius 1 is 1.07 bits per heavy atom. The van der Waals surface area contributed by atoms with Crippen LogP contribution in [0.2, 0.25) is 0 Å². The summed E-state index contributed by atoms with van der Waals surface area (Å²) in [4.78, 5) is 7.89. The third-order valence-corrected chi connectivity index (χ3v) is 1.85. The Morgan fingerprint density at radius 2 is 1.93 bits per heavy atom. The molecule has 0 radical (unpaired) electrons. The Kier molecular flexibility index (Phi) is 2.02. The molecule has 0 saturated carbocycles. The van der Waals surface area contributed by atoms with Gasteiger partial charge in [-0.15, -0.1) is 0 Å². The van der Waals surface area contributed by atoms with Gasteiger partial charge in [-0.2, -0.15) is 0 Å². The van der Waals surface area contributed by atoms with Gasteiger partial charge in [-0.1, -0.05) is 6.07 Å². The molecule has 0 unspecified atom stereocenters. The number of phenolic OH excluding ortho intramolecular Hbond substituents is 2. The number of hydrogen-bond acceptors (Lipinski definition) is 4. The van der Waals surface area contributed by atoms with Crippen LogP contribution in [0.4, 0.5) is 0 Å². The lowest BCUT2D eigenvalue weighted by molar-refractivity contribution is 0.405. The number of aromatic nitrogens is 2. The molecule has 0 spiro atoms. The second kappa shape index (κ2) is 3.33. The van der Waals surface area contributed by atoms with Crippen molar-refractivity contribution in [3.8, 4) is 22.8 Å². The standard InChI is InChI=1S/C10H8N2O2/c13-9-3-1-2-7(10(9)14)8-6-11-4-5-12-8/h1-6,13-14H. The highest BCUT2D eigenvalue weighted by Crippen LogP contribution is 2.34.